The molecule has 2 rings (SSSR count). The third kappa shape index (κ3) is 3.58. The van der Waals surface area contributed by atoms with Crippen LogP contribution in [0.2, 0.25) is 5.28 Å². The van der Waals surface area contributed by atoms with E-state index in [1.54, 1.807) is 11.3 Å². The summed E-state index contributed by atoms with van der Waals surface area (Å²) in [5.41, 5.74) is 0. The van der Waals surface area contributed by atoms with Crippen molar-refractivity contribution in [2.45, 2.75) is 24.8 Å². The van der Waals surface area contributed by atoms with Gasteiger partial charge in [0.05, 0.1) is 13.5 Å². The molecule has 102 valence electrons. The first-order chi connectivity index (χ1) is 9.13. The number of thioether (sulfide) groups is 1. The average molecular weight is 317 g/mol. The van der Waals surface area contributed by atoms with Crippen LogP contribution in [0, 0.1) is 0 Å². The summed E-state index contributed by atoms with van der Waals surface area (Å²) in [6, 6.07) is 2.09. The number of carbonyl (C=O) groups excluding carboxylic acids is 1. The fraction of sp³-hybridized carbons (Fsp3) is 0.417. The maximum Gasteiger partial charge on any atom is 0.306 e. The smallest absolute Gasteiger partial charge is 0.306 e. The van der Waals surface area contributed by atoms with Crippen molar-refractivity contribution in [3.63, 3.8) is 0 Å². The summed E-state index contributed by atoms with van der Waals surface area (Å²) in [6.45, 7) is 2.10. The van der Waals surface area contributed by atoms with Gasteiger partial charge in [-0.3, -0.25) is 4.79 Å². The summed E-state index contributed by atoms with van der Waals surface area (Å²) < 4.78 is 4.61. The minimum atomic E-state index is -0.219. The Balaban J connectivity index is 2.21. The van der Waals surface area contributed by atoms with E-state index in [0.717, 1.165) is 21.7 Å². The number of carbonyl (C=O) groups is 1. The molecular weight excluding hydrogens is 304 g/mol. The molecule has 0 aliphatic rings. The predicted molar refractivity (Wildman–Crippen MR) is 79.2 cm³/mol. The molecule has 0 saturated carbocycles. The van der Waals surface area contributed by atoms with E-state index in [0.29, 0.717) is 12.2 Å². The number of hydrogen-bond acceptors (Lipinski definition) is 6. The first-order valence-corrected chi connectivity index (χ1v) is 7.97. The fourth-order valence-corrected chi connectivity index (χ4v) is 3.76. The van der Waals surface area contributed by atoms with Gasteiger partial charge in [0.1, 0.15) is 9.86 Å². The number of esters is 1. The molecule has 0 aliphatic heterocycles. The third-order valence-corrected chi connectivity index (χ3v) is 4.84. The van der Waals surface area contributed by atoms with Crippen LogP contribution in [0.1, 0.15) is 18.2 Å². The molecule has 0 radical (unpaired) electrons. The Bertz CT molecular complexity index is 601. The highest BCUT2D eigenvalue weighted by molar-refractivity contribution is 7.99. The highest BCUT2D eigenvalue weighted by Crippen LogP contribution is 2.32. The van der Waals surface area contributed by atoms with Gasteiger partial charge in [0.2, 0.25) is 5.28 Å². The number of hydrogen-bond donors (Lipinski definition) is 0. The molecule has 7 heteroatoms. The second-order valence-corrected chi connectivity index (χ2v) is 6.29. The highest BCUT2D eigenvalue weighted by atomic mass is 35.5. The van der Waals surface area contributed by atoms with Gasteiger partial charge < -0.3 is 4.74 Å². The summed E-state index contributed by atoms with van der Waals surface area (Å²) in [7, 11) is 1.39. The van der Waals surface area contributed by atoms with Gasteiger partial charge in [-0.05, 0) is 24.1 Å². The van der Waals surface area contributed by atoms with E-state index in [4.69, 9.17) is 11.6 Å². The number of nitrogens with zero attached hydrogens (tertiary/aromatic N) is 2. The van der Waals surface area contributed by atoms with Crippen LogP contribution < -0.4 is 0 Å². The second-order valence-electron chi connectivity index (χ2n) is 3.76. The van der Waals surface area contributed by atoms with Crippen LogP contribution in [0.5, 0.6) is 0 Å². The first kappa shape index (κ1) is 14.6. The average Bonchev–Trinajstić information content (AvgIpc) is 2.81. The molecule has 2 aromatic heterocycles. The number of fused-ring (bicyclic) bond motifs is 1. The van der Waals surface area contributed by atoms with Crippen molar-refractivity contribution in [3.05, 3.63) is 16.2 Å². The van der Waals surface area contributed by atoms with Crippen molar-refractivity contribution in [1.82, 2.24) is 9.97 Å². The van der Waals surface area contributed by atoms with Gasteiger partial charge in [0.15, 0.2) is 0 Å². The normalized spacial score (nSPS) is 10.9. The monoisotopic (exact) mass is 316 g/mol. The van der Waals surface area contributed by atoms with Gasteiger partial charge in [-0.1, -0.05) is 6.92 Å². The van der Waals surface area contributed by atoms with E-state index in [1.165, 1.54) is 23.7 Å². The molecule has 4 nitrogen and oxygen atoms in total. The zero-order chi connectivity index (χ0) is 13.8. The number of methoxy groups -OCH3 is 1. The van der Waals surface area contributed by atoms with Gasteiger partial charge in [0, 0.05) is 16.0 Å². The Morgan fingerprint density at radius 3 is 3.00 bits per heavy atom. The van der Waals surface area contributed by atoms with Crippen molar-refractivity contribution < 1.29 is 9.53 Å². The molecule has 0 fully saturated rings. The number of aromatic nitrogens is 2. The Morgan fingerprint density at radius 1 is 1.53 bits per heavy atom. The Labute approximate surface area is 124 Å². The van der Waals surface area contributed by atoms with Gasteiger partial charge in [-0.2, -0.15) is 0 Å². The molecule has 0 aromatic carbocycles. The molecule has 0 N–H and O–H groups in total. The van der Waals surface area contributed by atoms with Crippen LogP contribution in [0.25, 0.3) is 10.2 Å². The molecule has 0 amide bonds. The van der Waals surface area contributed by atoms with Gasteiger partial charge in [0.25, 0.3) is 0 Å². The second kappa shape index (κ2) is 6.54. The van der Waals surface area contributed by atoms with Crippen LogP contribution in [0.3, 0.4) is 0 Å². The lowest BCUT2D eigenvalue weighted by Crippen LogP contribution is -2.01. The van der Waals surface area contributed by atoms with E-state index < -0.39 is 0 Å². The van der Waals surface area contributed by atoms with Crippen LogP contribution in [-0.4, -0.2) is 28.8 Å². The molecule has 2 aromatic rings. The van der Waals surface area contributed by atoms with E-state index >= 15 is 0 Å². The van der Waals surface area contributed by atoms with Gasteiger partial charge in [-0.15, -0.1) is 23.1 Å². The van der Waals surface area contributed by atoms with Crippen LogP contribution in [0.15, 0.2) is 11.1 Å². The lowest BCUT2D eigenvalue weighted by atomic mass is 10.3. The molecule has 0 atom stereocenters. The fourth-order valence-electron chi connectivity index (χ4n) is 1.54. The molecule has 0 unspecified atom stereocenters. The SMILES string of the molecule is CCc1cc2c(SCCC(=O)OC)nc(Cl)nc2s1. The maximum atomic E-state index is 11.1. The molecule has 0 bridgehead atoms. The number of rotatable bonds is 5. The van der Waals surface area contributed by atoms with Crippen molar-refractivity contribution in [2.75, 3.05) is 12.9 Å². The molecule has 2 heterocycles. The van der Waals surface area contributed by atoms with Gasteiger partial charge >= 0.3 is 5.97 Å². The maximum absolute atomic E-state index is 11.1. The van der Waals surface area contributed by atoms with Crippen molar-refractivity contribution in [2.24, 2.45) is 0 Å². The number of ether oxygens (including phenoxy) is 1. The minimum absolute atomic E-state index is 0.219. The molecule has 0 aliphatic carbocycles. The van der Waals surface area contributed by atoms with E-state index in [-0.39, 0.29) is 11.3 Å². The Hall–Kier alpha value is -0.850. The molecule has 0 spiro atoms. The summed E-state index contributed by atoms with van der Waals surface area (Å²) >= 11 is 9.06. The molecule has 0 saturated heterocycles. The first-order valence-electron chi connectivity index (χ1n) is 5.79. The zero-order valence-corrected chi connectivity index (χ0v) is 13.0. The number of thiophene rings is 1. The van der Waals surface area contributed by atoms with Gasteiger partial charge in [-0.25, -0.2) is 9.97 Å². The van der Waals surface area contributed by atoms with Crippen molar-refractivity contribution in [3.8, 4) is 0 Å². The number of halogens is 1. The number of aryl methyl sites for hydroxylation is 1. The molecular formula is C12H13ClN2O2S2. The molecule has 19 heavy (non-hydrogen) atoms. The topological polar surface area (TPSA) is 52.1 Å². The Kier molecular flexibility index (Phi) is 5.01. The van der Waals surface area contributed by atoms with Crippen molar-refractivity contribution in [1.29, 1.82) is 0 Å². The summed E-state index contributed by atoms with van der Waals surface area (Å²) in [4.78, 5) is 21.7. The lowest BCUT2D eigenvalue weighted by Gasteiger charge is -2.02. The van der Waals surface area contributed by atoms with Crippen LogP contribution in [0.4, 0.5) is 0 Å². The van der Waals surface area contributed by atoms with Crippen LogP contribution in [-0.2, 0) is 16.0 Å². The van der Waals surface area contributed by atoms with E-state index in [9.17, 15) is 4.79 Å². The van der Waals surface area contributed by atoms with Crippen LogP contribution >= 0.6 is 34.7 Å². The quantitative estimate of drug-likeness (QED) is 0.365. The third-order valence-electron chi connectivity index (χ3n) is 2.50. The minimum Gasteiger partial charge on any atom is -0.469 e. The summed E-state index contributed by atoms with van der Waals surface area (Å²) in [6.07, 6.45) is 1.32. The standard InChI is InChI=1S/C12H13ClN2O2S2/c1-3-7-6-8-10(18-5-4-9(16)17-2)14-12(13)15-11(8)19-7/h6H,3-5H2,1-2H3. The Morgan fingerprint density at radius 2 is 2.32 bits per heavy atom. The predicted octanol–water partition coefficient (Wildman–Crippen LogP) is 3.56. The largest absolute Gasteiger partial charge is 0.469 e. The van der Waals surface area contributed by atoms with E-state index in [2.05, 4.69) is 27.7 Å². The summed E-state index contributed by atoms with van der Waals surface area (Å²) in [5, 5.41) is 2.09. The zero-order valence-electron chi connectivity index (χ0n) is 10.6. The summed E-state index contributed by atoms with van der Waals surface area (Å²) in [5.74, 6) is 0.398. The van der Waals surface area contributed by atoms with Crippen molar-refractivity contribution >= 4 is 50.9 Å². The van der Waals surface area contributed by atoms with E-state index in [1.807, 2.05) is 0 Å². The lowest BCUT2D eigenvalue weighted by molar-refractivity contribution is -0.140. The highest BCUT2D eigenvalue weighted by Gasteiger charge is 2.11.